The summed E-state index contributed by atoms with van der Waals surface area (Å²) in [6.45, 7) is 4.79. The van der Waals surface area contributed by atoms with Gasteiger partial charge in [0.2, 0.25) is 0 Å². The molecule has 0 radical (unpaired) electrons. The number of nitrogens with one attached hydrogen (secondary N) is 1. The van der Waals surface area contributed by atoms with Crippen molar-refractivity contribution in [1.29, 1.82) is 0 Å². The Morgan fingerprint density at radius 3 is 2.83 bits per heavy atom. The third-order valence-electron chi connectivity index (χ3n) is 4.38. The summed E-state index contributed by atoms with van der Waals surface area (Å²) in [5.41, 5.74) is 2.48. The summed E-state index contributed by atoms with van der Waals surface area (Å²) in [4.78, 5) is 26.7. The summed E-state index contributed by atoms with van der Waals surface area (Å²) in [5.74, 6) is -0.234. The van der Waals surface area contributed by atoms with E-state index in [0.717, 1.165) is 36.5 Å². The van der Waals surface area contributed by atoms with E-state index in [-0.39, 0.29) is 17.9 Å². The van der Waals surface area contributed by atoms with Crippen molar-refractivity contribution in [2.45, 2.75) is 39.2 Å². The predicted molar refractivity (Wildman–Crippen MR) is 93.4 cm³/mol. The van der Waals surface area contributed by atoms with Crippen LogP contribution in [0.4, 0.5) is 5.69 Å². The minimum Gasteiger partial charge on any atom is -0.336 e. The summed E-state index contributed by atoms with van der Waals surface area (Å²) < 4.78 is 3.68. The first-order valence-electron chi connectivity index (χ1n) is 8.06. The van der Waals surface area contributed by atoms with Crippen molar-refractivity contribution in [1.82, 2.24) is 14.5 Å². The molecule has 2 aromatic rings. The lowest BCUT2D eigenvalue weighted by Crippen LogP contribution is -2.42. The number of benzene rings is 1. The van der Waals surface area contributed by atoms with Gasteiger partial charge in [0.1, 0.15) is 0 Å². The van der Waals surface area contributed by atoms with Crippen molar-refractivity contribution in [2.24, 2.45) is 0 Å². The van der Waals surface area contributed by atoms with Gasteiger partial charge in [0.25, 0.3) is 11.8 Å². The molecule has 7 heteroatoms. The smallest absolute Gasteiger partial charge is 0.277 e. The number of nitrogens with zero attached hydrogens (tertiary/aromatic N) is 3. The highest BCUT2D eigenvalue weighted by Crippen LogP contribution is 2.22. The molecule has 1 aliphatic rings. The zero-order valence-electron chi connectivity index (χ0n) is 13.8. The topological polar surface area (TPSA) is 75.2 Å². The Morgan fingerprint density at radius 2 is 2.17 bits per heavy atom. The number of aryl methyl sites for hydroxylation is 1. The third kappa shape index (κ3) is 3.46. The molecule has 1 unspecified atom stereocenters. The molecule has 3 rings (SSSR count). The first kappa shape index (κ1) is 16.6. The summed E-state index contributed by atoms with van der Waals surface area (Å²) in [7, 11) is 0. The van der Waals surface area contributed by atoms with Gasteiger partial charge in [-0.15, -0.1) is 5.10 Å². The van der Waals surface area contributed by atoms with Crippen molar-refractivity contribution >= 4 is 29.0 Å². The molecule has 0 saturated carbocycles. The Hall–Kier alpha value is -2.28. The third-order valence-corrected chi connectivity index (χ3v) is 4.88. The molecule has 1 atom stereocenters. The Balaban J connectivity index is 1.74. The Labute approximate surface area is 145 Å². The van der Waals surface area contributed by atoms with Crippen LogP contribution in [0, 0.1) is 6.92 Å². The van der Waals surface area contributed by atoms with Gasteiger partial charge in [0, 0.05) is 29.2 Å². The average Bonchev–Trinajstić information content (AvgIpc) is 3.11. The lowest BCUT2D eigenvalue weighted by atomic mass is 10.0. The summed E-state index contributed by atoms with van der Waals surface area (Å²) in [6, 6.07) is 5.65. The van der Waals surface area contributed by atoms with Gasteiger partial charge in [0.15, 0.2) is 5.69 Å². The summed E-state index contributed by atoms with van der Waals surface area (Å²) in [6.07, 6.45) is 3.30. The van der Waals surface area contributed by atoms with E-state index in [2.05, 4.69) is 21.8 Å². The lowest BCUT2D eigenvalue weighted by Gasteiger charge is -2.33. The molecule has 2 amide bonds. The van der Waals surface area contributed by atoms with E-state index in [1.807, 2.05) is 17.9 Å². The van der Waals surface area contributed by atoms with Gasteiger partial charge in [0.05, 0.1) is 0 Å². The molecular weight excluding hydrogens is 324 g/mol. The van der Waals surface area contributed by atoms with Gasteiger partial charge in [-0.2, -0.15) is 0 Å². The average molecular weight is 344 g/mol. The van der Waals surface area contributed by atoms with Crippen molar-refractivity contribution in [3.8, 4) is 0 Å². The molecule has 1 aliphatic heterocycles. The molecule has 6 nitrogen and oxygen atoms in total. The van der Waals surface area contributed by atoms with E-state index in [1.165, 1.54) is 6.42 Å². The van der Waals surface area contributed by atoms with Crippen LogP contribution in [0.3, 0.4) is 0 Å². The van der Waals surface area contributed by atoms with Crippen LogP contribution in [0.2, 0.25) is 0 Å². The first-order valence-corrected chi connectivity index (χ1v) is 8.90. The second kappa shape index (κ2) is 7.09. The van der Waals surface area contributed by atoms with Crippen LogP contribution in [-0.4, -0.2) is 38.9 Å². The predicted octanol–water partition coefficient (Wildman–Crippen LogP) is 3.11. The number of amides is 2. The minimum atomic E-state index is -0.296. The van der Waals surface area contributed by atoms with Crippen LogP contribution < -0.4 is 5.32 Å². The van der Waals surface area contributed by atoms with Gasteiger partial charge in [-0.3, -0.25) is 9.59 Å². The van der Waals surface area contributed by atoms with E-state index in [0.29, 0.717) is 16.9 Å². The molecule has 0 aliphatic carbocycles. The molecule has 1 aromatic carbocycles. The monoisotopic (exact) mass is 344 g/mol. The Morgan fingerprint density at radius 1 is 1.33 bits per heavy atom. The minimum absolute atomic E-state index is 0.0619. The van der Waals surface area contributed by atoms with Crippen LogP contribution in [0.1, 0.15) is 52.6 Å². The van der Waals surface area contributed by atoms with Crippen LogP contribution in [-0.2, 0) is 0 Å². The Bertz CT molecular complexity index is 745. The van der Waals surface area contributed by atoms with Gasteiger partial charge < -0.3 is 10.2 Å². The maximum absolute atomic E-state index is 12.7. The standard InChI is InChI=1S/C17H20N4O2S/c1-11-9-13(17(23)21-8-4-3-5-12(21)2)6-7-14(11)18-16(22)15-10-24-20-19-15/h6-7,9-10,12H,3-5,8H2,1-2H3,(H,18,22). The van der Waals surface area contributed by atoms with Crippen LogP contribution in [0.5, 0.6) is 0 Å². The summed E-state index contributed by atoms with van der Waals surface area (Å²) in [5, 5.41) is 8.16. The van der Waals surface area contributed by atoms with Crippen LogP contribution in [0.15, 0.2) is 23.6 Å². The normalized spacial score (nSPS) is 17.6. The molecule has 1 N–H and O–H groups in total. The van der Waals surface area contributed by atoms with Crippen molar-refractivity contribution in [3.05, 3.63) is 40.4 Å². The van der Waals surface area contributed by atoms with E-state index in [1.54, 1.807) is 17.5 Å². The highest BCUT2D eigenvalue weighted by Gasteiger charge is 2.24. The van der Waals surface area contributed by atoms with Crippen molar-refractivity contribution in [3.63, 3.8) is 0 Å². The van der Waals surface area contributed by atoms with Crippen LogP contribution >= 0.6 is 11.5 Å². The number of carbonyl (C=O) groups excluding carboxylic acids is 2. The first-order chi connectivity index (χ1) is 11.6. The number of hydrogen-bond acceptors (Lipinski definition) is 5. The fourth-order valence-electron chi connectivity index (χ4n) is 2.95. The highest BCUT2D eigenvalue weighted by atomic mass is 32.1. The molecule has 126 valence electrons. The van der Waals surface area contributed by atoms with Gasteiger partial charge >= 0.3 is 0 Å². The lowest BCUT2D eigenvalue weighted by molar-refractivity contribution is 0.0635. The number of rotatable bonds is 3. The molecule has 0 bridgehead atoms. The SMILES string of the molecule is Cc1cc(C(=O)N2CCCCC2C)ccc1NC(=O)c1csnn1. The fraction of sp³-hybridized carbons (Fsp3) is 0.412. The number of piperidine rings is 1. The van der Waals surface area contributed by atoms with E-state index in [4.69, 9.17) is 0 Å². The van der Waals surface area contributed by atoms with E-state index < -0.39 is 0 Å². The van der Waals surface area contributed by atoms with Crippen molar-refractivity contribution < 1.29 is 9.59 Å². The maximum Gasteiger partial charge on any atom is 0.277 e. The van der Waals surface area contributed by atoms with Gasteiger partial charge in [-0.1, -0.05) is 4.49 Å². The molecular formula is C17H20N4O2S. The van der Waals surface area contributed by atoms with Gasteiger partial charge in [-0.25, -0.2) is 0 Å². The second-order valence-corrected chi connectivity index (χ2v) is 6.73. The fourth-order valence-corrected chi connectivity index (χ4v) is 3.39. The zero-order chi connectivity index (χ0) is 17.1. The quantitative estimate of drug-likeness (QED) is 0.928. The number of aromatic nitrogens is 2. The molecule has 2 heterocycles. The Kier molecular flexibility index (Phi) is 4.89. The number of hydrogen-bond donors (Lipinski definition) is 1. The number of anilines is 1. The molecule has 1 aromatic heterocycles. The highest BCUT2D eigenvalue weighted by molar-refractivity contribution is 7.03. The van der Waals surface area contributed by atoms with E-state index in [9.17, 15) is 9.59 Å². The maximum atomic E-state index is 12.7. The summed E-state index contributed by atoms with van der Waals surface area (Å²) >= 11 is 1.13. The van der Waals surface area contributed by atoms with E-state index >= 15 is 0 Å². The van der Waals surface area contributed by atoms with Crippen LogP contribution in [0.25, 0.3) is 0 Å². The molecule has 1 fully saturated rings. The largest absolute Gasteiger partial charge is 0.336 e. The molecule has 1 saturated heterocycles. The number of likely N-dealkylation sites (tertiary alicyclic amines) is 1. The van der Waals surface area contributed by atoms with Gasteiger partial charge in [-0.05, 0) is 68.4 Å². The van der Waals surface area contributed by atoms with Crippen molar-refractivity contribution in [2.75, 3.05) is 11.9 Å². The second-order valence-electron chi connectivity index (χ2n) is 6.12. The zero-order valence-corrected chi connectivity index (χ0v) is 14.6. The molecule has 0 spiro atoms. The number of carbonyl (C=O) groups is 2. The molecule has 24 heavy (non-hydrogen) atoms.